The van der Waals surface area contributed by atoms with Crippen molar-refractivity contribution in [2.75, 3.05) is 36.0 Å². The van der Waals surface area contributed by atoms with E-state index in [1.807, 2.05) is 11.0 Å². The maximum Gasteiger partial charge on any atom is 0.387 e. The van der Waals surface area contributed by atoms with Crippen LogP contribution in [-0.4, -0.2) is 49.7 Å². The van der Waals surface area contributed by atoms with Crippen molar-refractivity contribution in [1.82, 2.24) is 10.3 Å². The highest BCUT2D eigenvalue weighted by atomic mass is 19.3. The second kappa shape index (κ2) is 9.54. The van der Waals surface area contributed by atoms with Crippen molar-refractivity contribution in [3.8, 4) is 5.75 Å². The number of halogens is 2. The third kappa shape index (κ3) is 5.13. The van der Waals surface area contributed by atoms with Crippen molar-refractivity contribution >= 4 is 17.4 Å². The third-order valence-corrected chi connectivity index (χ3v) is 5.04. The van der Waals surface area contributed by atoms with Crippen LogP contribution in [0.5, 0.6) is 5.75 Å². The normalized spacial score (nSPS) is 16.2. The van der Waals surface area contributed by atoms with E-state index in [2.05, 4.69) is 33.8 Å². The first-order valence-electron chi connectivity index (χ1n) is 9.82. The number of alkyl halides is 2. The number of rotatable bonds is 8. The molecule has 0 spiro atoms. The highest BCUT2D eigenvalue weighted by Gasteiger charge is 2.26. The van der Waals surface area contributed by atoms with Gasteiger partial charge in [0.05, 0.1) is 11.3 Å². The van der Waals surface area contributed by atoms with Gasteiger partial charge in [-0.05, 0) is 44.5 Å². The number of amides is 1. The molecule has 0 saturated carbocycles. The number of ether oxygens (including phenoxy) is 1. The Morgan fingerprint density at radius 1 is 1.28 bits per heavy atom. The monoisotopic (exact) mass is 404 g/mol. The summed E-state index contributed by atoms with van der Waals surface area (Å²) < 4.78 is 29.9. The number of hydrogen-bond acceptors (Lipinski definition) is 5. The zero-order valence-corrected chi connectivity index (χ0v) is 16.6. The molecule has 0 bridgehead atoms. The molecule has 1 atom stereocenters. The average Bonchev–Trinajstić information content (AvgIpc) is 3.17. The molecule has 156 valence electrons. The number of nitrogens with zero attached hydrogens (tertiary/aromatic N) is 3. The van der Waals surface area contributed by atoms with Gasteiger partial charge in [-0.1, -0.05) is 12.1 Å². The molecule has 1 aliphatic rings. The molecule has 1 unspecified atom stereocenters. The van der Waals surface area contributed by atoms with Crippen LogP contribution < -0.4 is 19.9 Å². The largest absolute Gasteiger partial charge is 0.433 e. The summed E-state index contributed by atoms with van der Waals surface area (Å²) in [5.41, 5.74) is 1.11. The van der Waals surface area contributed by atoms with Gasteiger partial charge in [-0.25, -0.2) is 4.98 Å². The summed E-state index contributed by atoms with van der Waals surface area (Å²) in [5, 5.41) is 3.01. The van der Waals surface area contributed by atoms with Gasteiger partial charge in [0.25, 0.3) is 5.91 Å². The maximum absolute atomic E-state index is 12.6. The molecule has 1 fully saturated rings. The Bertz CT molecular complexity index is 813. The first kappa shape index (κ1) is 20.8. The lowest BCUT2D eigenvalue weighted by Crippen LogP contribution is -2.37. The lowest BCUT2D eigenvalue weighted by molar-refractivity contribution is -0.0495. The summed E-state index contributed by atoms with van der Waals surface area (Å²) in [7, 11) is 0. The van der Waals surface area contributed by atoms with E-state index < -0.39 is 6.61 Å². The van der Waals surface area contributed by atoms with E-state index in [0.29, 0.717) is 24.3 Å². The molecule has 0 aliphatic carbocycles. The van der Waals surface area contributed by atoms with Crippen molar-refractivity contribution < 1.29 is 18.3 Å². The van der Waals surface area contributed by atoms with Crippen LogP contribution in [0.4, 0.5) is 20.3 Å². The predicted molar refractivity (Wildman–Crippen MR) is 109 cm³/mol. The number of carbonyl (C=O) groups is 1. The first-order chi connectivity index (χ1) is 14.0. The Labute approximate surface area is 169 Å². The van der Waals surface area contributed by atoms with Crippen LogP contribution >= 0.6 is 0 Å². The van der Waals surface area contributed by atoms with Crippen LogP contribution in [0.15, 0.2) is 42.6 Å². The van der Waals surface area contributed by atoms with Gasteiger partial charge >= 0.3 is 6.61 Å². The van der Waals surface area contributed by atoms with E-state index in [9.17, 15) is 13.6 Å². The fourth-order valence-corrected chi connectivity index (χ4v) is 3.53. The molecule has 3 rings (SSSR count). The van der Waals surface area contributed by atoms with Crippen molar-refractivity contribution in [2.24, 2.45) is 0 Å². The molecule has 8 heteroatoms. The summed E-state index contributed by atoms with van der Waals surface area (Å²) in [5.74, 6) is 0.799. The minimum Gasteiger partial charge on any atom is -0.433 e. The summed E-state index contributed by atoms with van der Waals surface area (Å²) in [6, 6.07) is 10.3. The van der Waals surface area contributed by atoms with Gasteiger partial charge in [0, 0.05) is 38.4 Å². The second-order valence-corrected chi connectivity index (χ2v) is 6.83. The molecular weight excluding hydrogens is 378 g/mol. The van der Waals surface area contributed by atoms with Crippen molar-refractivity contribution in [2.45, 2.75) is 32.9 Å². The van der Waals surface area contributed by atoms with Gasteiger partial charge in [0.2, 0.25) is 0 Å². The molecule has 2 heterocycles. The molecule has 1 saturated heterocycles. The molecule has 1 amide bonds. The molecule has 6 nitrogen and oxygen atoms in total. The lowest BCUT2D eigenvalue weighted by atomic mass is 10.2. The standard InChI is InChI=1S/C21H26F2N4O2/c1-3-26(4-2)19-10-9-15(13-24-19)20(28)25-16-11-12-27(14-16)17-7-5-6-8-18(17)29-21(22)23/h5-10,13,16,21H,3-4,11-12,14H2,1-2H3,(H,25,28). The number of carbonyl (C=O) groups excluding carboxylic acids is 1. The van der Waals surface area contributed by atoms with Crippen molar-refractivity contribution in [3.63, 3.8) is 0 Å². The first-order valence-corrected chi connectivity index (χ1v) is 9.82. The Kier molecular flexibility index (Phi) is 6.85. The van der Waals surface area contributed by atoms with Gasteiger partial charge in [-0.3, -0.25) is 4.79 Å². The van der Waals surface area contributed by atoms with Crippen LogP contribution in [-0.2, 0) is 0 Å². The summed E-state index contributed by atoms with van der Waals surface area (Å²) in [6.07, 6.45) is 2.31. The summed E-state index contributed by atoms with van der Waals surface area (Å²) in [6.45, 7) is 4.12. The van der Waals surface area contributed by atoms with Crippen molar-refractivity contribution in [3.05, 3.63) is 48.2 Å². The molecule has 0 radical (unpaired) electrons. The fourth-order valence-electron chi connectivity index (χ4n) is 3.53. The van der Waals surface area contributed by atoms with Gasteiger partial charge in [0.1, 0.15) is 11.6 Å². The minimum absolute atomic E-state index is 0.0791. The average molecular weight is 404 g/mol. The number of nitrogens with one attached hydrogen (secondary N) is 1. The van der Waals surface area contributed by atoms with Gasteiger partial charge < -0.3 is 19.9 Å². The number of hydrogen-bond donors (Lipinski definition) is 1. The van der Waals surface area contributed by atoms with Crippen LogP contribution in [0.1, 0.15) is 30.6 Å². The smallest absolute Gasteiger partial charge is 0.387 e. The Hall–Kier alpha value is -2.90. The highest BCUT2D eigenvalue weighted by Crippen LogP contribution is 2.31. The second-order valence-electron chi connectivity index (χ2n) is 6.83. The van der Waals surface area contributed by atoms with Crippen LogP contribution in [0, 0.1) is 0 Å². The molecule has 1 aliphatic heterocycles. The van der Waals surface area contributed by atoms with E-state index in [1.165, 1.54) is 6.07 Å². The lowest BCUT2D eigenvalue weighted by Gasteiger charge is -2.22. The maximum atomic E-state index is 12.6. The molecule has 2 aromatic rings. The summed E-state index contributed by atoms with van der Waals surface area (Å²) >= 11 is 0. The zero-order valence-electron chi connectivity index (χ0n) is 16.6. The Balaban J connectivity index is 1.61. The molecule has 29 heavy (non-hydrogen) atoms. The number of para-hydroxylation sites is 2. The van der Waals surface area contributed by atoms with Crippen LogP contribution in [0.3, 0.4) is 0 Å². The van der Waals surface area contributed by atoms with Crippen LogP contribution in [0.2, 0.25) is 0 Å². The topological polar surface area (TPSA) is 57.7 Å². The van der Waals surface area contributed by atoms with E-state index >= 15 is 0 Å². The molecule has 1 N–H and O–H groups in total. The van der Waals surface area contributed by atoms with E-state index in [-0.39, 0.29) is 17.7 Å². The number of benzene rings is 1. The summed E-state index contributed by atoms with van der Waals surface area (Å²) in [4.78, 5) is 21.0. The fraction of sp³-hybridized carbons (Fsp3) is 0.429. The van der Waals surface area contributed by atoms with E-state index in [1.54, 1.807) is 30.5 Å². The molecular formula is C21H26F2N4O2. The minimum atomic E-state index is -2.87. The Morgan fingerprint density at radius 2 is 2.03 bits per heavy atom. The number of anilines is 2. The third-order valence-electron chi connectivity index (χ3n) is 5.04. The Morgan fingerprint density at radius 3 is 2.69 bits per heavy atom. The number of aromatic nitrogens is 1. The highest BCUT2D eigenvalue weighted by molar-refractivity contribution is 5.94. The van der Waals surface area contributed by atoms with E-state index in [4.69, 9.17) is 0 Å². The van der Waals surface area contributed by atoms with E-state index in [0.717, 1.165) is 25.3 Å². The SMILES string of the molecule is CCN(CC)c1ccc(C(=O)NC2CCN(c3ccccc3OC(F)F)C2)cn1. The quantitative estimate of drug-likeness (QED) is 0.729. The van der Waals surface area contributed by atoms with Gasteiger partial charge in [0.15, 0.2) is 0 Å². The number of pyridine rings is 1. The predicted octanol–water partition coefficient (Wildman–Crippen LogP) is 3.54. The molecule has 1 aromatic heterocycles. The molecule has 1 aromatic carbocycles. The van der Waals surface area contributed by atoms with Crippen LogP contribution in [0.25, 0.3) is 0 Å². The zero-order chi connectivity index (χ0) is 20.8. The van der Waals surface area contributed by atoms with Gasteiger partial charge in [-0.15, -0.1) is 0 Å². The van der Waals surface area contributed by atoms with Gasteiger partial charge in [-0.2, -0.15) is 8.78 Å². The van der Waals surface area contributed by atoms with Crippen molar-refractivity contribution in [1.29, 1.82) is 0 Å².